The first kappa shape index (κ1) is 33.6. The van der Waals surface area contributed by atoms with E-state index in [4.69, 9.17) is 14.2 Å². The highest BCUT2D eigenvalue weighted by Gasteiger charge is 2.39. The van der Waals surface area contributed by atoms with Crippen LogP contribution >= 0.6 is 0 Å². The molecule has 1 aromatic carbocycles. The number of aromatic nitrogens is 4. The van der Waals surface area contributed by atoms with Crippen LogP contribution < -0.4 is 15.0 Å². The Balaban J connectivity index is 1.23. The lowest BCUT2D eigenvalue weighted by atomic mass is 9.93. The van der Waals surface area contributed by atoms with E-state index in [1.807, 2.05) is 0 Å². The van der Waals surface area contributed by atoms with Crippen LogP contribution in [0.5, 0.6) is 11.5 Å². The van der Waals surface area contributed by atoms with Crippen molar-refractivity contribution in [3.05, 3.63) is 65.5 Å². The quantitative estimate of drug-likeness (QED) is 0.206. The molecule has 2 aromatic heterocycles. The predicted molar refractivity (Wildman–Crippen MR) is 164 cm³/mol. The molecule has 258 valence electrons. The molecule has 2 saturated heterocycles. The molecule has 3 aromatic rings. The van der Waals surface area contributed by atoms with E-state index in [-0.39, 0.29) is 55.8 Å². The SMILES string of the molecule is CC(C)(C)OC(=O)N[C@H]1CN(c2ncc(Oc3cn(C4CCCCO4)nc3C3=CCC(F)(F)CC3)cn2)C[C@@H]1c1cc(F)c(F)cc1F. The normalized spacial score (nSPS) is 22.7. The van der Waals surface area contributed by atoms with Crippen LogP contribution in [-0.2, 0) is 9.47 Å². The monoisotopic (exact) mass is 676 g/mol. The standard InChI is InChI=1S/C33H37F5N6O4/c1-32(2,3)48-31(45)41-26-17-43(16-22(26)21-12-24(35)25(36)13-23(21)34)30-39-14-20(15-40-30)47-27-18-44(28-6-4-5-11-46-28)42-29(27)19-7-9-33(37,38)10-8-19/h7,12-15,18,22,26,28H,4-6,8-11,16-17H2,1-3H3,(H,41,45)/t22-,26+,28?/m1/s1. The van der Waals surface area contributed by atoms with Crippen molar-refractivity contribution in [3.63, 3.8) is 0 Å². The van der Waals surface area contributed by atoms with Crippen molar-refractivity contribution in [2.45, 2.75) is 89.0 Å². The summed E-state index contributed by atoms with van der Waals surface area (Å²) in [5.74, 6) is -6.24. The van der Waals surface area contributed by atoms with E-state index in [1.54, 1.807) is 36.5 Å². The lowest BCUT2D eigenvalue weighted by molar-refractivity contribution is -0.0396. The first-order valence-corrected chi connectivity index (χ1v) is 15.9. The number of hydrogen-bond acceptors (Lipinski definition) is 8. The van der Waals surface area contributed by atoms with Crippen LogP contribution in [0.3, 0.4) is 0 Å². The summed E-state index contributed by atoms with van der Waals surface area (Å²) < 4.78 is 89.7. The van der Waals surface area contributed by atoms with E-state index in [1.165, 1.54) is 18.5 Å². The van der Waals surface area contributed by atoms with Gasteiger partial charge in [-0.3, -0.25) is 0 Å². The third-order valence-corrected chi connectivity index (χ3v) is 8.45. The van der Waals surface area contributed by atoms with Gasteiger partial charge in [-0.2, -0.15) is 5.10 Å². The van der Waals surface area contributed by atoms with Gasteiger partial charge in [-0.25, -0.2) is 41.4 Å². The van der Waals surface area contributed by atoms with Gasteiger partial charge in [-0.1, -0.05) is 6.08 Å². The molecule has 0 bridgehead atoms. The third kappa shape index (κ3) is 7.71. The fraction of sp³-hybridized carbons (Fsp3) is 0.515. The number of halogens is 5. The van der Waals surface area contributed by atoms with E-state index < -0.39 is 47.0 Å². The zero-order valence-electron chi connectivity index (χ0n) is 26.8. The van der Waals surface area contributed by atoms with Gasteiger partial charge in [-0.05, 0) is 63.7 Å². The van der Waals surface area contributed by atoms with Crippen molar-refractivity contribution in [1.82, 2.24) is 25.1 Å². The third-order valence-electron chi connectivity index (χ3n) is 8.45. The van der Waals surface area contributed by atoms with Crippen molar-refractivity contribution >= 4 is 17.6 Å². The molecule has 1 aliphatic carbocycles. The molecule has 1 unspecified atom stereocenters. The summed E-state index contributed by atoms with van der Waals surface area (Å²) in [7, 11) is 0. The minimum Gasteiger partial charge on any atom is -0.450 e. The number of rotatable bonds is 7. The molecule has 10 nitrogen and oxygen atoms in total. The topological polar surface area (TPSA) is 104 Å². The van der Waals surface area contributed by atoms with E-state index in [9.17, 15) is 26.7 Å². The molecule has 15 heteroatoms. The molecule has 2 fully saturated rings. The Morgan fingerprint density at radius 1 is 1.06 bits per heavy atom. The van der Waals surface area contributed by atoms with Crippen molar-refractivity contribution in [2.24, 2.45) is 0 Å². The zero-order chi connectivity index (χ0) is 34.2. The van der Waals surface area contributed by atoms with Crippen LogP contribution in [0.25, 0.3) is 5.57 Å². The number of benzene rings is 1. The van der Waals surface area contributed by atoms with Crippen LogP contribution in [0.15, 0.2) is 36.8 Å². The molecular formula is C33H37F5N6O4. The van der Waals surface area contributed by atoms with E-state index >= 15 is 0 Å². The Labute approximate surface area is 274 Å². The van der Waals surface area contributed by atoms with Crippen molar-refractivity contribution in [2.75, 3.05) is 24.6 Å². The number of nitrogens with zero attached hydrogens (tertiary/aromatic N) is 5. The summed E-state index contributed by atoms with van der Waals surface area (Å²) >= 11 is 0. The molecule has 1 N–H and O–H groups in total. The number of alkyl halides is 2. The zero-order valence-corrected chi connectivity index (χ0v) is 26.8. The molecule has 1 amide bonds. The number of alkyl carbamates (subject to hydrolysis) is 1. The lowest BCUT2D eigenvalue weighted by Crippen LogP contribution is -2.43. The minimum absolute atomic E-state index is 0.0692. The summed E-state index contributed by atoms with van der Waals surface area (Å²) in [4.78, 5) is 23.2. The van der Waals surface area contributed by atoms with Crippen LogP contribution in [0, 0.1) is 17.5 Å². The Kier molecular flexibility index (Phi) is 9.33. The minimum atomic E-state index is -2.77. The predicted octanol–water partition coefficient (Wildman–Crippen LogP) is 7.28. The maximum absolute atomic E-state index is 14.9. The number of allylic oxidation sites excluding steroid dienone is 2. The van der Waals surface area contributed by atoms with Crippen LogP contribution in [0.4, 0.5) is 32.7 Å². The lowest BCUT2D eigenvalue weighted by Gasteiger charge is -2.24. The van der Waals surface area contributed by atoms with Gasteiger partial charge in [0.2, 0.25) is 5.95 Å². The van der Waals surface area contributed by atoms with Gasteiger partial charge in [0.05, 0.1) is 24.6 Å². The molecule has 0 radical (unpaired) electrons. The molecule has 3 aliphatic rings. The summed E-state index contributed by atoms with van der Waals surface area (Å²) in [6, 6.07) is 0.510. The highest BCUT2D eigenvalue weighted by atomic mass is 19.3. The average Bonchev–Trinajstić information content (AvgIpc) is 3.63. The van der Waals surface area contributed by atoms with Crippen molar-refractivity contribution in [3.8, 4) is 11.5 Å². The van der Waals surface area contributed by atoms with Crippen LogP contribution in [0.1, 0.15) is 82.7 Å². The number of nitrogens with one attached hydrogen (secondary N) is 1. The molecule has 4 heterocycles. The molecule has 2 aliphatic heterocycles. The Morgan fingerprint density at radius 3 is 2.48 bits per heavy atom. The Bertz CT molecular complexity index is 1670. The van der Waals surface area contributed by atoms with Crippen LogP contribution in [-0.4, -0.2) is 63.1 Å². The number of amides is 1. The summed E-state index contributed by atoms with van der Waals surface area (Å²) in [6.07, 6.45) is 7.09. The summed E-state index contributed by atoms with van der Waals surface area (Å²) in [6.45, 7) is 5.85. The largest absolute Gasteiger partial charge is 0.450 e. The molecule has 48 heavy (non-hydrogen) atoms. The maximum atomic E-state index is 14.9. The first-order valence-electron chi connectivity index (χ1n) is 15.9. The van der Waals surface area contributed by atoms with E-state index in [0.29, 0.717) is 29.7 Å². The second-order valence-electron chi connectivity index (χ2n) is 13.3. The smallest absolute Gasteiger partial charge is 0.407 e. The Hall–Kier alpha value is -4.27. The van der Waals surface area contributed by atoms with Gasteiger partial charge in [0.25, 0.3) is 5.92 Å². The number of anilines is 1. The highest BCUT2D eigenvalue weighted by molar-refractivity contribution is 5.69. The van der Waals surface area contributed by atoms with Crippen molar-refractivity contribution < 1.29 is 41.0 Å². The summed E-state index contributed by atoms with van der Waals surface area (Å²) in [5, 5.41) is 7.39. The van der Waals surface area contributed by atoms with Gasteiger partial charge >= 0.3 is 6.09 Å². The molecule has 0 spiro atoms. The second-order valence-corrected chi connectivity index (χ2v) is 13.3. The van der Waals surface area contributed by atoms with Gasteiger partial charge in [0.15, 0.2) is 23.1 Å². The maximum Gasteiger partial charge on any atom is 0.407 e. The molecule has 6 rings (SSSR count). The van der Waals surface area contributed by atoms with Gasteiger partial charge in [-0.15, -0.1) is 0 Å². The van der Waals surface area contributed by atoms with E-state index in [0.717, 1.165) is 25.3 Å². The fourth-order valence-corrected chi connectivity index (χ4v) is 6.12. The number of ether oxygens (including phenoxy) is 3. The average molecular weight is 677 g/mol. The van der Waals surface area contributed by atoms with E-state index in [2.05, 4.69) is 20.4 Å². The number of carbonyl (C=O) groups excluding carboxylic acids is 1. The van der Waals surface area contributed by atoms with Gasteiger partial charge < -0.3 is 24.4 Å². The molecular weight excluding hydrogens is 639 g/mol. The second kappa shape index (κ2) is 13.3. The molecule has 0 saturated carbocycles. The van der Waals surface area contributed by atoms with Crippen LogP contribution in [0.2, 0.25) is 0 Å². The summed E-state index contributed by atoms with van der Waals surface area (Å²) in [5.41, 5.74) is 0.177. The number of carbonyl (C=O) groups is 1. The fourth-order valence-electron chi connectivity index (χ4n) is 6.12. The van der Waals surface area contributed by atoms with Gasteiger partial charge in [0, 0.05) is 44.5 Å². The van der Waals surface area contributed by atoms with Crippen molar-refractivity contribution in [1.29, 1.82) is 0 Å². The van der Waals surface area contributed by atoms with Gasteiger partial charge in [0.1, 0.15) is 23.3 Å². The Morgan fingerprint density at radius 2 is 1.81 bits per heavy atom. The number of hydrogen-bond donors (Lipinski definition) is 1. The molecule has 3 atom stereocenters. The highest BCUT2D eigenvalue weighted by Crippen LogP contribution is 2.41. The first-order chi connectivity index (χ1) is 22.7.